The minimum Gasteiger partial charge on any atom is -0.502 e. The van der Waals surface area contributed by atoms with Crippen LogP contribution in [0.1, 0.15) is 17.2 Å². The number of hydrogen-bond donors (Lipinski definition) is 2. The second-order valence-electron chi connectivity index (χ2n) is 6.43. The number of piperazine rings is 1. The van der Waals surface area contributed by atoms with Crippen molar-refractivity contribution in [3.63, 3.8) is 0 Å². The van der Waals surface area contributed by atoms with E-state index in [1.807, 2.05) is 4.90 Å². The molecular formula is C18H19BrCl2F3N3O4. The maximum atomic E-state index is 12.4. The lowest BCUT2D eigenvalue weighted by molar-refractivity contribution is -0.386. The van der Waals surface area contributed by atoms with E-state index in [0.29, 0.717) is 36.2 Å². The van der Waals surface area contributed by atoms with Crippen LogP contribution >= 0.6 is 40.7 Å². The monoisotopic (exact) mass is 547 g/mol. The zero-order valence-corrected chi connectivity index (χ0v) is 19.0. The molecule has 0 aliphatic carbocycles. The van der Waals surface area contributed by atoms with Gasteiger partial charge in [-0.25, -0.2) is 0 Å². The first-order chi connectivity index (χ1) is 13.7. The average molecular weight is 549 g/mol. The molecule has 0 amide bonds. The molecule has 0 spiro atoms. The first kappa shape index (κ1) is 27.2. The van der Waals surface area contributed by atoms with E-state index in [-0.39, 0.29) is 36.1 Å². The summed E-state index contributed by atoms with van der Waals surface area (Å²) in [6.07, 6.45) is -4.80. The van der Waals surface area contributed by atoms with Crippen molar-refractivity contribution in [2.75, 3.05) is 26.2 Å². The summed E-state index contributed by atoms with van der Waals surface area (Å²) in [4.78, 5) is 12.6. The van der Waals surface area contributed by atoms with E-state index in [1.54, 1.807) is 6.07 Å². The number of ether oxygens (including phenoxy) is 1. The molecule has 1 heterocycles. The fourth-order valence-corrected chi connectivity index (χ4v) is 3.80. The smallest absolute Gasteiger partial charge is 0.502 e. The van der Waals surface area contributed by atoms with E-state index in [1.165, 1.54) is 30.3 Å². The van der Waals surface area contributed by atoms with Gasteiger partial charge in [-0.05, 0) is 23.8 Å². The summed E-state index contributed by atoms with van der Waals surface area (Å²) in [5.74, 6) is -0.845. The number of nitrogens with zero attached hydrogens (tertiary/aromatic N) is 2. The Bertz CT molecular complexity index is 898. The van der Waals surface area contributed by atoms with E-state index in [9.17, 15) is 28.4 Å². The molecule has 0 radical (unpaired) electrons. The Morgan fingerprint density at radius 1 is 1.16 bits per heavy atom. The largest absolute Gasteiger partial charge is 0.573 e. The van der Waals surface area contributed by atoms with E-state index in [4.69, 9.17) is 0 Å². The van der Waals surface area contributed by atoms with Crippen LogP contribution in [0.4, 0.5) is 18.9 Å². The topological polar surface area (TPSA) is 87.9 Å². The maximum Gasteiger partial charge on any atom is 0.573 e. The van der Waals surface area contributed by atoms with Crippen LogP contribution in [0.3, 0.4) is 0 Å². The van der Waals surface area contributed by atoms with Crippen LogP contribution in [-0.2, 0) is 0 Å². The maximum absolute atomic E-state index is 12.4. The number of nitro groups is 1. The second-order valence-corrected chi connectivity index (χ2v) is 7.34. The number of hydrogen-bond acceptors (Lipinski definition) is 6. The summed E-state index contributed by atoms with van der Waals surface area (Å²) in [5.41, 5.74) is 0.410. The molecule has 0 aromatic heterocycles. The number of alkyl halides is 3. The average Bonchev–Trinajstić information content (AvgIpc) is 2.65. The SMILES string of the molecule is Cl.Cl.O=[N+]([O-])c1cc(Br)cc([C@@H](c2ccc(OC(F)(F)F)cc2)N2CCNCC2)c1O. The highest BCUT2D eigenvalue weighted by Gasteiger charge is 2.32. The van der Waals surface area contributed by atoms with Gasteiger partial charge in [0.2, 0.25) is 0 Å². The fraction of sp³-hybridized carbons (Fsp3) is 0.333. The zero-order valence-electron chi connectivity index (χ0n) is 15.8. The summed E-state index contributed by atoms with van der Waals surface area (Å²) >= 11 is 3.23. The van der Waals surface area contributed by atoms with Gasteiger partial charge in [0.05, 0.1) is 11.0 Å². The summed E-state index contributed by atoms with van der Waals surface area (Å²) in [6, 6.07) is 7.47. The van der Waals surface area contributed by atoms with Gasteiger partial charge in [0.15, 0.2) is 5.75 Å². The lowest BCUT2D eigenvalue weighted by atomic mass is 9.95. The Balaban J connectivity index is 0.00000240. The van der Waals surface area contributed by atoms with Crippen LogP contribution in [0.5, 0.6) is 11.5 Å². The molecule has 1 saturated heterocycles. The molecule has 0 bridgehead atoms. The van der Waals surface area contributed by atoms with Crippen LogP contribution in [0.25, 0.3) is 0 Å². The van der Waals surface area contributed by atoms with Gasteiger partial charge in [-0.3, -0.25) is 15.0 Å². The van der Waals surface area contributed by atoms with Gasteiger partial charge in [0, 0.05) is 42.3 Å². The number of phenolic OH excluding ortho intramolecular Hbond substituents is 1. The molecule has 13 heteroatoms. The van der Waals surface area contributed by atoms with Gasteiger partial charge < -0.3 is 15.2 Å². The van der Waals surface area contributed by atoms with E-state index < -0.39 is 28.8 Å². The third-order valence-electron chi connectivity index (χ3n) is 4.52. The van der Waals surface area contributed by atoms with Crippen molar-refractivity contribution >= 4 is 46.4 Å². The van der Waals surface area contributed by atoms with Crippen molar-refractivity contribution in [3.05, 3.63) is 62.1 Å². The van der Waals surface area contributed by atoms with Gasteiger partial charge in [0.25, 0.3) is 0 Å². The third kappa shape index (κ3) is 6.84. The Kier molecular flexibility index (Phi) is 9.83. The van der Waals surface area contributed by atoms with Gasteiger partial charge in [-0.1, -0.05) is 28.1 Å². The Morgan fingerprint density at radius 2 is 1.74 bits per heavy atom. The highest BCUT2D eigenvalue weighted by atomic mass is 79.9. The highest BCUT2D eigenvalue weighted by molar-refractivity contribution is 9.10. The molecule has 172 valence electrons. The number of nitro benzene ring substituents is 1. The fourth-order valence-electron chi connectivity index (χ4n) is 3.33. The standard InChI is InChI=1S/C18H17BrF3N3O4.2ClH/c19-12-9-14(17(26)15(10-12)25(27)28)16(24-7-5-23-6-8-24)11-1-3-13(4-2-11)29-18(20,21)22;;/h1-4,9-10,16,23,26H,5-8H2;2*1H/t16-;;/m1../s1. The first-order valence-electron chi connectivity index (χ1n) is 8.63. The van der Waals surface area contributed by atoms with Crippen molar-refractivity contribution in [1.29, 1.82) is 0 Å². The number of benzene rings is 2. The lowest BCUT2D eigenvalue weighted by Gasteiger charge is -2.35. The highest BCUT2D eigenvalue weighted by Crippen LogP contribution is 2.42. The molecule has 0 unspecified atom stereocenters. The van der Waals surface area contributed by atoms with Crippen molar-refractivity contribution in [2.45, 2.75) is 12.4 Å². The van der Waals surface area contributed by atoms with E-state index >= 15 is 0 Å². The second kappa shape index (κ2) is 11.2. The predicted octanol–water partition coefficient (Wildman–Crippen LogP) is 4.80. The molecule has 1 fully saturated rings. The number of aromatic hydroxyl groups is 1. The van der Waals surface area contributed by atoms with Crippen LogP contribution in [0, 0.1) is 10.1 Å². The Labute approximate surface area is 196 Å². The van der Waals surface area contributed by atoms with Crippen molar-refractivity contribution in [3.8, 4) is 11.5 Å². The van der Waals surface area contributed by atoms with Crippen LogP contribution in [0.15, 0.2) is 40.9 Å². The normalized spacial score (nSPS) is 15.4. The van der Waals surface area contributed by atoms with Gasteiger partial charge in [-0.2, -0.15) is 0 Å². The van der Waals surface area contributed by atoms with Crippen molar-refractivity contribution < 1.29 is 27.9 Å². The molecule has 31 heavy (non-hydrogen) atoms. The minimum absolute atomic E-state index is 0. The predicted molar refractivity (Wildman–Crippen MR) is 116 cm³/mol. The van der Waals surface area contributed by atoms with E-state index in [2.05, 4.69) is 26.0 Å². The van der Waals surface area contributed by atoms with Crippen LogP contribution in [0.2, 0.25) is 0 Å². The Morgan fingerprint density at radius 3 is 2.26 bits per heavy atom. The molecule has 2 aromatic carbocycles. The summed E-state index contributed by atoms with van der Waals surface area (Å²) in [5, 5.41) is 25.1. The summed E-state index contributed by atoms with van der Waals surface area (Å²) < 4.78 is 41.6. The quantitative estimate of drug-likeness (QED) is 0.412. The molecule has 0 saturated carbocycles. The molecule has 1 aliphatic heterocycles. The van der Waals surface area contributed by atoms with Gasteiger partial charge in [-0.15, -0.1) is 38.0 Å². The van der Waals surface area contributed by atoms with Crippen molar-refractivity contribution in [1.82, 2.24) is 10.2 Å². The van der Waals surface area contributed by atoms with Gasteiger partial charge >= 0.3 is 12.0 Å². The number of phenols is 1. The Hall–Kier alpha value is -1.79. The molecular weight excluding hydrogens is 530 g/mol. The lowest BCUT2D eigenvalue weighted by Crippen LogP contribution is -2.45. The van der Waals surface area contributed by atoms with Crippen LogP contribution < -0.4 is 10.1 Å². The number of halogens is 6. The van der Waals surface area contributed by atoms with E-state index in [0.717, 1.165) is 0 Å². The van der Waals surface area contributed by atoms with Crippen molar-refractivity contribution in [2.24, 2.45) is 0 Å². The van der Waals surface area contributed by atoms with Crippen LogP contribution in [-0.4, -0.2) is 47.5 Å². The molecule has 2 aromatic rings. The minimum atomic E-state index is -4.80. The molecule has 7 nitrogen and oxygen atoms in total. The molecule has 2 N–H and O–H groups in total. The molecule has 1 atom stereocenters. The zero-order chi connectivity index (χ0) is 21.2. The molecule has 1 aliphatic rings. The summed E-state index contributed by atoms with van der Waals surface area (Å²) in [6.45, 7) is 2.52. The third-order valence-corrected chi connectivity index (χ3v) is 4.98. The number of rotatable bonds is 5. The number of nitrogens with one attached hydrogen (secondary N) is 1. The van der Waals surface area contributed by atoms with Gasteiger partial charge in [0.1, 0.15) is 5.75 Å². The molecule has 3 rings (SSSR count). The first-order valence-corrected chi connectivity index (χ1v) is 9.42. The summed E-state index contributed by atoms with van der Waals surface area (Å²) in [7, 11) is 0.